The van der Waals surface area contributed by atoms with Gasteiger partial charge in [0, 0.05) is 51.9 Å². The Balaban J connectivity index is 1.32. The number of likely N-dealkylation sites (N-methyl/N-ethyl adjacent to an activating group) is 1. The van der Waals surface area contributed by atoms with E-state index in [1.54, 1.807) is 18.2 Å². The predicted octanol–water partition coefficient (Wildman–Crippen LogP) is 2.11. The van der Waals surface area contributed by atoms with Gasteiger partial charge >= 0.3 is 0 Å². The number of benzene rings is 1. The maximum Gasteiger partial charge on any atom is 0.262 e. The molecule has 1 aromatic rings. The largest absolute Gasteiger partial charge is 0.490 e. The summed E-state index contributed by atoms with van der Waals surface area (Å²) in [4.78, 5) is 67.8. The van der Waals surface area contributed by atoms with Crippen LogP contribution in [0.15, 0.2) is 18.2 Å². The van der Waals surface area contributed by atoms with E-state index in [4.69, 9.17) is 4.74 Å². The van der Waals surface area contributed by atoms with Gasteiger partial charge in [0.2, 0.25) is 11.8 Å². The summed E-state index contributed by atoms with van der Waals surface area (Å²) in [6.07, 6.45) is 3.89. The van der Waals surface area contributed by atoms with Crippen molar-refractivity contribution in [2.24, 2.45) is 11.8 Å². The molecule has 0 radical (unpaired) electrons. The standard InChI is InChI=1S/C29H40N4O6/c1-19(2)18-31-12-8-20(9-13-31)27(36)32-14-10-21(11-15-32)39-22-6-7-23-24(17-22)29(38)33(28(23)37)25(5-4-16-34)26(35)30-3/h6-7,16-17,19-21,25H,4-5,8-15,18H2,1-3H3,(H,30,35). The first-order valence-electron chi connectivity index (χ1n) is 14.1. The van der Waals surface area contributed by atoms with Gasteiger partial charge in [0.05, 0.1) is 11.1 Å². The Hall–Kier alpha value is -3.27. The normalized spacial score (nSPS) is 19.8. The van der Waals surface area contributed by atoms with Gasteiger partial charge in [0.15, 0.2) is 0 Å². The Morgan fingerprint density at radius 1 is 1.03 bits per heavy atom. The molecule has 10 nitrogen and oxygen atoms in total. The topological polar surface area (TPSA) is 116 Å². The number of piperidine rings is 2. The van der Waals surface area contributed by atoms with Crippen molar-refractivity contribution < 1.29 is 28.7 Å². The molecule has 0 aliphatic carbocycles. The van der Waals surface area contributed by atoms with Crippen molar-refractivity contribution in [2.75, 3.05) is 39.8 Å². The fraction of sp³-hybridized carbons (Fsp3) is 0.621. The molecule has 1 N–H and O–H groups in total. The second-order valence-corrected chi connectivity index (χ2v) is 11.2. The summed E-state index contributed by atoms with van der Waals surface area (Å²) in [6.45, 7) is 8.75. The number of aldehydes is 1. The fourth-order valence-corrected chi connectivity index (χ4v) is 5.89. The average molecular weight is 541 g/mol. The monoisotopic (exact) mass is 540 g/mol. The molecule has 4 amide bonds. The van der Waals surface area contributed by atoms with Crippen LogP contribution < -0.4 is 10.1 Å². The number of fused-ring (bicyclic) bond motifs is 1. The molecular weight excluding hydrogens is 500 g/mol. The lowest BCUT2D eigenvalue weighted by molar-refractivity contribution is -0.139. The van der Waals surface area contributed by atoms with Gasteiger partial charge in [-0.05, 0) is 56.5 Å². The number of imide groups is 1. The van der Waals surface area contributed by atoms with Gasteiger partial charge in [0.25, 0.3) is 11.8 Å². The minimum atomic E-state index is -1.05. The smallest absolute Gasteiger partial charge is 0.262 e. The van der Waals surface area contributed by atoms with Crippen molar-refractivity contribution in [3.05, 3.63) is 29.3 Å². The van der Waals surface area contributed by atoms with E-state index in [-0.39, 0.29) is 41.9 Å². The van der Waals surface area contributed by atoms with Crippen molar-refractivity contribution in [2.45, 2.75) is 64.5 Å². The van der Waals surface area contributed by atoms with Crippen molar-refractivity contribution >= 4 is 29.9 Å². The van der Waals surface area contributed by atoms with Crippen molar-refractivity contribution in [1.29, 1.82) is 0 Å². The van der Waals surface area contributed by atoms with Crippen LogP contribution in [0.2, 0.25) is 0 Å². The molecule has 1 aromatic carbocycles. The fourth-order valence-electron chi connectivity index (χ4n) is 5.89. The molecule has 0 bridgehead atoms. The molecule has 0 spiro atoms. The van der Waals surface area contributed by atoms with Gasteiger partial charge in [-0.1, -0.05) is 13.8 Å². The Labute approximate surface area is 230 Å². The van der Waals surface area contributed by atoms with Crippen molar-refractivity contribution in [3.8, 4) is 5.75 Å². The lowest BCUT2D eigenvalue weighted by atomic mass is 9.93. The number of nitrogens with zero attached hydrogens (tertiary/aromatic N) is 3. The number of hydrogen-bond acceptors (Lipinski definition) is 7. The summed E-state index contributed by atoms with van der Waals surface area (Å²) in [7, 11) is 1.43. The highest BCUT2D eigenvalue weighted by atomic mass is 16.5. The second kappa shape index (κ2) is 12.7. The number of ether oxygens (including phenoxy) is 1. The van der Waals surface area contributed by atoms with Gasteiger partial charge in [0.1, 0.15) is 24.2 Å². The van der Waals surface area contributed by atoms with Gasteiger partial charge in [-0.15, -0.1) is 0 Å². The van der Waals surface area contributed by atoms with Crippen molar-refractivity contribution in [3.63, 3.8) is 0 Å². The molecule has 10 heteroatoms. The second-order valence-electron chi connectivity index (χ2n) is 11.2. The lowest BCUT2D eigenvalue weighted by Crippen LogP contribution is -2.48. The minimum Gasteiger partial charge on any atom is -0.490 e. The molecule has 1 unspecified atom stereocenters. The third kappa shape index (κ3) is 6.49. The predicted molar refractivity (Wildman–Crippen MR) is 144 cm³/mol. The molecule has 3 heterocycles. The van der Waals surface area contributed by atoms with Crippen LogP contribution >= 0.6 is 0 Å². The molecule has 2 saturated heterocycles. The summed E-state index contributed by atoms with van der Waals surface area (Å²) in [5.41, 5.74) is 0.404. The molecule has 3 aliphatic heterocycles. The highest BCUT2D eigenvalue weighted by Gasteiger charge is 2.42. The molecule has 39 heavy (non-hydrogen) atoms. The number of rotatable bonds is 10. The Kier molecular flexibility index (Phi) is 9.37. The van der Waals surface area contributed by atoms with Crippen LogP contribution in [0.25, 0.3) is 0 Å². The Morgan fingerprint density at radius 2 is 1.69 bits per heavy atom. The van der Waals surface area contributed by atoms with Crippen LogP contribution in [-0.4, -0.2) is 96.5 Å². The van der Waals surface area contributed by atoms with Crippen LogP contribution in [0.3, 0.4) is 0 Å². The molecule has 0 saturated carbocycles. The van der Waals surface area contributed by atoms with Gasteiger partial charge < -0.3 is 24.6 Å². The minimum absolute atomic E-state index is 0.0539. The molecule has 4 rings (SSSR count). The first-order chi connectivity index (χ1) is 18.7. The molecule has 0 aromatic heterocycles. The zero-order chi connectivity index (χ0) is 28.1. The highest BCUT2D eigenvalue weighted by molar-refractivity contribution is 6.23. The Morgan fingerprint density at radius 3 is 2.31 bits per heavy atom. The zero-order valence-corrected chi connectivity index (χ0v) is 23.2. The lowest BCUT2D eigenvalue weighted by Gasteiger charge is -2.37. The molecular formula is C29H40N4O6. The van der Waals surface area contributed by atoms with E-state index in [0.717, 1.165) is 37.4 Å². The van der Waals surface area contributed by atoms with Crippen LogP contribution in [0, 0.1) is 11.8 Å². The van der Waals surface area contributed by atoms with Crippen molar-refractivity contribution in [1.82, 2.24) is 20.0 Å². The van der Waals surface area contributed by atoms with Crippen LogP contribution in [0.4, 0.5) is 0 Å². The number of likely N-dealkylation sites (tertiary alicyclic amines) is 2. The maximum absolute atomic E-state index is 13.2. The molecule has 3 aliphatic rings. The molecule has 1 atom stereocenters. The highest BCUT2D eigenvalue weighted by Crippen LogP contribution is 2.31. The van der Waals surface area contributed by atoms with Crippen LogP contribution in [0.1, 0.15) is 73.1 Å². The number of hydrogen-bond donors (Lipinski definition) is 1. The molecule has 212 valence electrons. The van der Waals surface area contributed by atoms with E-state index in [2.05, 4.69) is 24.1 Å². The zero-order valence-electron chi connectivity index (χ0n) is 23.2. The van der Waals surface area contributed by atoms with E-state index in [9.17, 15) is 24.0 Å². The summed E-state index contributed by atoms with van der Waals surface area (Å²) in [6, 6.07) is 3.71. The summed E-state index contributed by atoms with van der Waals surface area (Å²) >= 11 is 0. The Bertz CT molecular complexity index is 1090. The van der Waals surface area contributed by atoms with Gasteiger partial charge in [-0.2, -0.15) is 0 Å². The number of amides is 4. The van der Waals surface area contributed by atoms with E-state index < -0.39 is 23.8 Å². The SMILES string of the molecule is CNC(=O)C(CCC=O)N1C(=O)c2ccc(OC3CCN(C(=O)C4CCN(CC(C)C)CC4)CC3)cc2C1=O. The summed E-state index contributed by atoms with van der Waals surface area (Å²) < 4.78 is 6.17. The van der Waals surface area contributed by atoms with E-state index in [1.807, 2.05) is 4.90 Å². The molecule has 2 fully saturated rings. The van der Waals surface area contributed by atoms with Gasteiger partial charge in [-0.25, -0.2) is 0 Å². The number of nitrogens with one attached hydrogen (secondary N) is 1. The van der Waals surface area contributed by atoms with E-state index in [0.29, 0.717) is 43.9 Å². The van der Waals surface area contributed by atoms with Crippen LogP contribution in [-0.2, 0) is 14.4 Å². The summed E-state index contributed by atoms with van der Waals surface area (Å²) in [5, 5.41) is 2.47. The third-order valence-electron chi connectivity index (χ3n) is 7.92. The van der Waals surface area contributed by atoms with E-state index >= 15 is 0 Å². The number of carbonyl (C=O) groups excluding carboxylic acids is 5. The van der Waals surface area contributed by atoms with E-state index in [1.165, 1.54) is 7.05 Å². The summed E-state index contributed by atoms with van der Waals surface area (Å²) in [5.74, 6) is -0.164. The first kappa shape index (κ1) is 28.7. The number of carbonyl (C=O) groups is 5. The third-order valence-corrected chi connectivity index (χ3v) is 7.92. The maximum atomic E-state index is 13.2. The quantitative estimate of drug-likeness (QED) is 0.357. The van der Waals surface area contributed by atoms with Gasteiger partial charge in [-0.3, -0.25) is 24.1 Å². The van der Waals surface area contributed by atoms with Crippen LogP contribution in [0.5, 0.6) is 5.75 Å². The average Bonchev–Trinajstić information content (AvgIpc) is 3.18. The first-order valence-corrected chi connectivity index (χ1v) is 14.1.